The summed E-state index contributed by atoms with van der Waals surface area (Å²) in [6.45, 7) is 3.42. The number of amides is 2. The summed E-state index contributed by atoms with van der Waals surface area (Å²) in [6, 6.07) is 8.22. The first kappa shape index (κ1) is 15.9. The molecular formula is C16H20N4O2S. The maximum atomic E-state index is 11.7. The van der Waals surface area contributed by atoms with Gasteiger partial charge in [-0.3, -0.25) is 25.3 Å². The quantitative estimate of drug-likeness (QED) is 0.838. The van der Waals surface area contributed by atoms with Crippen molar-refractivity contribution in [2.75, 3.05) is 19.6 Å². The second kappa shape index (κ2) is 7.06. The Kier molecular flexibility index (Phi) is 4.88. The molecule has 2 aromatic rings. The zero-order valence-electron chi connectivity index (χ0n) is 13.0. The summed E-state index contributed by atoms with van der Waals surface area (Å²) in [6.07, 6.45) is 2.01. The number of hydrogen-bond acceptors (Lipinski definition) is 5. The molecule has 2 heterocycles. The van der Waals surface area contributed by atoms with E-state index in [4.69, 9.17) is 4.98 Å². The van der Waals surface area contributed by atoms with Gasteiger partial charge in [-0.1, -0.05) is 12.1 Å². The molecule has 6 nitrogen and oxygen atoms in total. The average Bonchev–Trinajstić information content (AvgIpc) is 2.97. The Balaban J connectivity index is 1.52. The zero-order chi connectivity index (χ0) is 16.2. The van der Waals surface area contributed by atoms with Gasteiger partial charge in [0.05, 0.1) is 21.8 Å². The molecular weight excluding hydrogens is 312 g/mol. The lowest BCUT2D eigenvalue weighted by atomic mass is 9.97. The highest BCUT2D eigenvalue weighted by Gasteiger charge is 2.24. The normalized spacial score (nSPS) is 16.4. The predicted octanol–water partition coefficient (Wildman–Crippen LogP) is 1.64. The van der Waals surface area contributed by atoms with Gasteiger partial charge in [0.2, 0.25) is 5.91 Å². The number of thiazole rings is 1. The lowest BCUT2D eigenvalue weighted by molar-refractivity contribution is -0.128. The summed E-state index contributed by atoms with van der Waals surface area (Å²) >= 11 is 1.77. The third-order valence-corrected chi connectivity index (χ3v) is 5.19. The van der Waals surface area contributed by atoms with Crippen LogP contribution in [0.25, 0.3) is 10.2 Å². The van der Waals surface area contributed by atoms with Gasteiger partial charge in [-0.2, -0.15) is 0 Å². The number of nitrogens with one attached hydrogen (secondary N) is 2. The van der Waals surface area contributed by atoms with E-state index in [2.05, 4.69) is 27.9 Å². The van der Waals surface area contributed by atoms with E-state index >= 15 is 0 Å². The molecule has 0 bridgehead atoms. The summed E-state index contributed by atoms with van der Waals surface area (Å²) < 4.78 is 1.24. The number of carbonyl (C=O) groups excluding carboxylic acids is 2. The van der Waals surface area contributed by atoms with Crippen LogP contribution in [0.15, 0.2) is 24.3 Å². The number of nitrogens with zero attached hydrogens (tertiary/aromatic N) is 2. The Bertz CT molecular complexity index is 674. The molecule has 0 radical (unpaired) electrons. The summed E-state index contributed by atoms with van der Waals surface area (Å²) in [5.74, 6) is 0.0218. The zero-order valence-corrected chi connectivity index (χ0v) is 13.9. The van der Waals surface area contributed by atoms with Crippen LogP contribution in [0.2, 0.25) is 0 Å². The molecule has 7 heteroatoms. The molecule has 2 N–H and O–H groups in total. The number of benzene rings is 1. The van der Waals surface area contributed by atoms with Crippen molar-refractivity contribution in [2.24, 2.45) is 0 Å². The Morgan fingerprint density at radius 2 is 2.00 bits per heavy atom. The van der Waals surface area contributed by atoms with E-state index in [1.54, 1.807) is 11.3 Å². The highest BCUT2D eigenvalue weighted by Crippen LogP contribution is 2.33. The van der Waals surface area contributed by atoms with Crippen LogP contribution in [0.5, 0.6) is 0 Å². The molecule has 1 saturated heterocycles. The molecule has 0 atom stereocenters. The van der Waals surface area contributed by atoms with Crippen molar-refractivity contribution in [1.29, 1.82) is 0 Å². The fourth-order valence-electron chi connectivity index (χ4n) is 2.80. The van der Waals surface area contributed by atoms with E-state index < -0.39 is 0 Å². The highest BCUT2D eigenvalue weighted by molar-refractivity contribution is 7.18. The first-order valence-electron chi connectivity index (χ1n) is 7.75. The van der Waals surface area contributed by atoms with Crippen LogP contribution in [-0.4, -0.2) is 41.3 Å². The molecule has 3 rings (SSSR count). The molecule has 0 spiro atoms. The molecule has 122 valence electrons. The lowest BCUT2D eigenvalue weighted by Crippen LogP contribution is -2.47. The molecule has 0 saturated carbocycles. The van der Waals surface area contributed by atoms with Crippen molar-refractivity contribution in [3.63, 3.8) is 0 Å². The molecule has 1 aliphatic rings. The van der Waals surface area contributed by atoms with Crippen molar-refractivity contribution in [3.8, 4) is 0 Å². The summed E-state index contributed by atoms with van der Waals surface area (Å²) in [5, 5.41) is 1.20. The van der Waals surface area contributed by atoms with E-state index in [-0.39, 0.29) is 11.8 Å². The molecule has 2 amide bonds. The number of aromatic nitrogens is 1. The highest BCUT2D eigenvalue weighted by atomic mass is 32.1. The summed E-state index contributed by atoms with van der Waals surface area (Å²) in [4.78, 5) is 29.3. The van der Waals surface area contributed by atoms with Crippen molar-refractivity contribution in [3.05, 3.63) is 29.3 Å². The number of rotatable bonds is 3. The first-order chi connectivity index (χ1) is 11.1. The van der Waals surface area contributed by atoms with Gasteiger partial charge >= 0.3 is 0 Å². The monoisotopic (exact) mass is 332 g/mol. The number of hydrazine groups is 1. The molecule has 23 heavy (non-hydrogen) atoms. The van der Waals surface area contributed by atoms with Crippen LogP contribution in [0, 0.1) is 0 Å². The maximum absolute atomic E-state index is 11.7. The number of hydrogen-bond donors (Lipinski definition) is 2. The van der Waals surface area contributed by atoms with E-state index in [1.807, 2.05) is 12.1 Å². The standard InChI is InChI=1S/C16H20N4O2S/c1-11(21)18-19-15(22)10-20-8-6-12(7-9-20)16-17-13-4-2-3-5-14(13)23-16/h2-5,12H,6-10H2,1H3,(H,18,21)(H,19,22). The maximum Gasteiger partial charge on any atom is 0.252 e. The average molecular weight is 332 g/mol. The van der Waals surface area contributed by atoms with Gasteiger partial charge in [-0.15, -0.1) is 11.3 Å². The molecule has 1 aromatic heterocycles. The fraction of sp³-hybridized carbons (Fsp3) is 0.438. The Morgan fingerprint density at radius 3 is 2.70 bits per heavy atom. The Morgan fingerprint density at radius 1 is 1.26 bits per heavy atom. The molecule has 1 aliphatic heterocycles. The van der Waals surface area contributed by atoms with Crippen LogP contribution >= 0.6 is 11.3 Å². The molecule has 1 fully saturated rings. The van der Waals surface area contributed by atoms with E-state index in [0.29, 0.717) is 12.5 Å². The third-order valence-electron chi connectivity index (χ3n) is 3.99. The van der Waals surface area contributed by atoms with Gasteiger partial charge in [0.1, 0.15) is 0 Å². The van der Waals surface area contributed by atoms with Gasteiger partial charge in [0, 0.05) is 12.8 Å². The minimum atomic E-state index is -0.270. The van der Waals surface area contributed by atoms with Crippen molar-refractivity contribution >= 4 is 33.4 Å². The number of carbonyl (C=O) groups is 2. The summed E-state index contributed by atoms with van der Waals surface area (Å²) in [5.41, 5.74) is 5.78. The number of fused-ring (bicyclic) bond motifs is 1. The number of likely N-dealkylation sites (tertiary alicyclic amines) is 1. The number of piperidine rings is 1. The van der Waals surface area contributed by atoms with Crippen LogP contribution < -0.4 is 10.9 Å². The van der Waals surface area contributed by atoms with Crippen LogP contribution in [0.1, 0.15) is 30.7 Å². The van der Waals surface area contributed by atoms with Gasteiger partial charge in [-0.05, 0) is 38.1 Å². The second-order valence-electron chi connectivity index (χ2n) is 5.80. The minimum Gasteiger partial charge on any atom is -0.294 e. The van der Waals surface area contributed by atoms with E-state index in [9.17, 15) is 9.59 Å². The SMILES string of the molecule is CC(=O)NNC(=O)CN1CCC(c2nc3ccccc3s2)CC1. The van der Waals surface area contributed by atoms with Gasteiger partial charge in [-0.25, -0.2) is 4.98 Å². The van der Waals surface area contributed by atoms with Crippen molar-refractivity contribution in [1.82, 2.24) is 20.7 Å². The molecule has 0 unspecified atom stereocenters. The second-order valence-corrected chi connectivity index (χ2v) is 6.86. The Hall–Kier alpha value is -1.99. The lowest BCUT2D eigenvalue weighted by Gasteiger charge is -2.30. The topological polar surface area (TPSA) is 74.3 Å². The van der Waals surface area contributed by atoms with E-state index in [1.165, 1.54) is 16.6 Å². The van der Waals surface area contributed by atoms with Crippen LogP contribution in [0.4, 0.5) is 0 Å². The Labute approximate surface area is 138 Å². The first-order valence-corrected chi connectivity index (χ1v) is 8.56. The van der Waals surface area contributed by atoms with E-state index in [0.717, 1.165) is 31.4 Å². The largest absolute Gasteiger partial charge is 0.294 e. The smallest absolute Gasteiger partial charge is 0.252 e. The summed E-state index contributed by atoms with van der Waals surface area (Å²) in [7, 11) is 0. The van der Waals surface area contributed by atoms with Crippen molar-refractivity contribution < 1.29 is 9.59 Å². The predicted molar refractivity (Wildman–Crippen MR) is 90.0 cm³/mol. The fourth-order valence-corrected chi connectivity index (χ4v) is 3.94. The molecule has 0 aliphatic carbocycles. The number of para-hydroxylation sites is 1. The van der Waals surface area contributed by atoms with Gasteiger partial charge in [0.15, 0.2) is 0 Å². The van der Waals surface area contributed by atoms with Gasteiger partial charge < -0.3 is 0 Å². The van der Waals surface area contributed by atoms with Crippen LogP contribution in [0.3, 0.4) is 0 Å². The third kappa shape index (κ3) is 4.05. The van der Waals surface area contributed by atoms with Crippen LogP contribution in [-0.2, 0) is 9.59 Å². The van der Waals surface area contributed by atoms with Gasteiger partial charge in [0.25, 0.3) is 5.91 Å². The molecule has 1 aromatic carbocycles. The minimum absolute atomic E-state index is 0.182. The van der Waals surface area contributed by atoms with Crippen molar-refractivity contribution in [2.45, 2.75) is 25.7 Å².